The van der Waals surface area contributed by atoms with Gasteiger partial charge in [-0.2, -0.15) is 0 Å². The zero-order valence-electron chi connectivity index (χ0n) is 18.8. The van der Waals surface area contributed by atoms with E-state index in [1.807, 2.05) is 48.5 Å². The molecule has 2 aliphatic rings. The van der Waals surface area contributed by atoms with Crippen LogP contribution in [0.15, 0.2) is 70.5 Å². The van der Waals surface area contributed by atoms with Gasteiger partial charge in [-0.1, -0.05) is 12.1 Å². The van der Waals surface area contributed by atoms with Crippen molar-refractivity contribution in [2.75, 3.05) is 32.0 Å². The predicted octanol–water partition coefficient (Wildman–Crippen LogP) is 5.28. The van der Waals surface area contributed by atoms with Gasteiger partial charge in [-0.05, 0) is 48.4 Å². The van der Waals surface area contributed by atoms with Crippen LogP contribution in [-0.4, -0.2) is 27.1 Å². The highest BCUT2D eigenvalue weighted by atomic mass is 16.5. The third-order valence-corrected chi connectivity index (χ3v) is 6.27. The number of allylic oxidation sites excluding steroid dienone is 1. The Morgan fingerprint density at radius 1 is 0.909 bits per heavy atom. The second kappa shape index (κ2) is 8.58. The smallest absolute Gasteiger partial charge is 0.203 e. The first kappa shape index (κ1) is 21.0. The van der Waals surface area contributed by atoms with Crippen LogP contribution in [-0.2, 0) is 4.79 Å². The molecule has 2 N–H and O–H groups in total. The average Bonchev–Trinajstić information content (AvgIpc) is 3.32. The summed E-state index contributed by atoms with van der Waals surface area (Å²) in [5.74, 6) is 2.48. The fourth-order valence-corrected chi connectivity index (χ4v) is 4.74. The number of furan rings is 1. The van der Waals surface area contributed by atoms with Crippen molar-refractivity contribution in [1.29, 1.82) is 0 Å². The Labute approximate surface area is 192 Å². The van der Waals surface area contributed by atoms with Crippen LogP contribution in [0, 0.1) is 0 Å². The molecule has 1 aliphatic heterocycles. The molecule has 2 aromatic carbocycles. The largest absolute Gasteiger partial charge is 0.493 e. The molecule has 33 heavy (non-hydrogen) atoms. The molecule has 1 aromatic heterocycles. The highest BCUT2D eigenvalue weighted by Crippen LogP contribution is 2.47. The van der Waals surface area contributed by atoms with Crippen molar-refractivity contribution in [3.05, 3.63) is 77.4 Å². The monoisotopic (exact) mass is 446 g/mol. The first-order chi connectivity index (χ1) is 16.1. The highest BCUT2D eigenvalue weighted by Gasteiger charge is 2.37. The molecular weight excluding hydrogens is 420 g/mol. The minimum Gasteiger partial charge on any atom is -0.493 e. The van der Waals surface area contributed by atoms with E-state index in [9.17, 15) is 4.79 Å². The third-order valence-electron chi connectivity index (χ3n) is 6.27. The summed E-state index contributed by atoms with van der Waals surface area (Å²) in [5.41, 5.74) is 4.29. The summed E-state index contributed by atoms with van der Waals surface area (Å²) in [6.45, 7) is 0. The quantitative estimate of drug-likeness (QED) is 0.551. The molecule has 0 bridgehead atoms. The molecule has 0 amide bonds. The summed E-state index contributed by atoms with van der Waals surface area (Å²) in [6, 6.07) is 15.1. The van der Waals surface area contributed by atoms with Gasteiger partial charge in [-0.25, -0.2) is 0 Å². The van der Waals surface area contributed by atoms with Crippen molar-refractivity contribution in [1.82, 2.24) is 0 Å². The lowest BCUT2D eigenvalue weighted by atomic mass is 9.80. The zero-order valence-corrected chi connectivity index (χ0v) is 18.8. The van der Waals surface area contributed by atoms with Gasteiger partial charge in [0.1, 0.15) is 5.76 Å². The number of hydrogen-bond donors (Lipinski definition) is 2. The van der Waals surface area contributed by atoms with Crippen LogP contribution in [0.1, 0.15) is 36.1 Å². The van der Waals surface area contributed by atoms with E-state index >= 15 is 0 Å². The molecule has 7 nitrogen and oxygen atoms in total. The number of para-hydroxylation sites is 2. The molecule has 0 radical (unpaired) electrons. The number of Topliss-reactive ketones (excluding diaryl/α,β-unsaturated/α-hetero) is 1. The maximum atomic E-state index is 13.6. The number of carbonyl (C=O) groups is 1. The van der Waals surface area contributed by atoms with Crippen LogP contribution < -0.4 is 24.8 Å². The number of ketones is 1. The molecule has 170 valence electrons. The lowest BCUT2D eigenvalue weighted by Gasteiger charge is -2.29. The molecule has 0 unspecified atom stereocenters. The molecule has 0 saturated carbocycles. The van der Waals surface area contributed by atoms with E-state index in [0.29, 0.717) is 35.7 Å². The highest BCUT2D eigenvalue weighted by molar-refractivity contribution is 6.01. The molecule has 2 heterocycles. The summed E-state index contributed by atoms with van der Waals surface area (Å²) < 4.78 is 22.3. The fourth-order valence-electron chi connectivity index (χ4n) is 4.74. The van der Waals surface area contributed by atoms with Crippen LogP contribution in [0.2, 0.25) is 0 Å². The Bertz CT molecular complexity index is 1190. The maximum absolute atomic E-state index is 13.6. The number of benzene rings is 2. The summed E-state index contributed by atoms with van der Waals surface area (Å²) in [5, 5.41) is 7.11. The van der Waals surface area contributed by atoms with E-state index in [4.69, 9.17) is 18.6 Å². The molecular formula is C26H26N2O5. The molecule has 0 saturated heterocycles. The van der Waals surface area contributed by atoms with Crippen molar-refractivity contribution in [2.24, 2.45) is 0 Å². The van der Waals surface area contributed by atoms with E-state index in [2.05, 4.69) is 10.6 Å². The number of anilines is 2. The fraction of sp³-hybridized carbons (Fsp3) is 0.269. The third kappa shape index (κ3) is 3.69. The number of fused-ring (bicyclic) bond motifs is 1. The van der Waals surface area contributed by atoms with Crippen LogP contribution in [0.5, 0.6) is 17.2 Å². The second-order valence-corrected chi connectivity index (χ2v) is 8.14. The van der Waals surface area contributed by atoms with Crippen molar-refractivity contribution in [2.45, 2.75) is 24.8 Å². The SMILES string of the molecule is COc1cc([C@H]2Nc3ccccc3NC3=C2C(=O)C[C@@H](c2ccco2)C3)cc(OC)c1OC. The van der Waals surface area contributed by atoms with E-state index in [-0.39, 0.29) is 11.7 Å². The number of nitrogens with one attached hydrogen (secondary N) is 2. The van der Waals surface area contributed by atoms with Gasteiger partial charge in [0.2, 0.25) is 5.75 Å². The minimum absolute atomic E-state index is 0.00963. The van der Waals surface area contributed by atoms with Gasteiger partial charge in [0.25, 0.3) is 0 Å². The van der Waals surface area contributed by atoms with Crippen LogP contribution in [0.4, 0.5) is 11.4 Å². The molecule has 3 aromatic rings. The number of rotatable bonds is 5. The van der Waals surface area contributed by atoms with Gasteiger partial charge < -0.3 is 29.3 Å². The van der Waals surface area contributed by atoms with Crippen molar-refractivity contribution in [3.63, 3.8) is 0 Å². The number of carbonyl (C=O) groups excluding carboxylic acids is 1. The van der Waals surface area contributed by atoms with Gasteiger partial charge >= 0.3 is 0 Å². The Hall–Kier alpha value is -3.87. The minimum atomic E-state index is -0.394. The maximum Gasteiger partial charge on any atom is 0.203 e. The van der Waals surface area contributed by atoms with E-state index in [1.165, 1.54) is 0 Å². The first-order valence-electron chi connectivity index (χ1n) is 10.8. The van der Waals surface area contributed by atoms with Crippen molar-refractivity contribution in [3.8, 4) is 17.2 Å². The Morgan fingerprint density at radius 3 is 2.27 bits per heavy atom. The summed E-state index contributed by atoms with van der Waals surface area (Å²) in [4.78, 5) is 13.6. The van der Waals surface area contributed by atoms with Gasteiger partial charge in [0, 0.05) is 23.6 Å². The first-order valence-corrected chi connectivity index (χ1v) is 10.8. The van der Waals surface area contributed by atoms with Crippen molar-refractivity contribution >= 4 is 17.2 Å². The molecule has 0 fully saturated rings. The predicted molar refractivity (Wildman–Crippen MR) is 125 cm³/mol. The van der Waals surface area contributed by atoms with Crippen LogP contribution in [0.3, 0.4) is 0 Å². The van der Waals surface area contributed by atoms with E-state index < -0.39 is 6.04 Å². The van der Waals surface area contributed by atoms with E-state index in [0.717, 1.165) is 28.4 Å². The number of methoxy groups -OCH3 is 3. The molecule has 7 heteroatoms. The van der Waals surface area contributed by atoms with E-state index in [1.54, 1.807) is 27.6 Å². The van der Waals surface area contributed by atoms with Gasteiger partial charge in [-0.3, -0.25) is 4.79 Å². The van der Waals surface area contributed by atoms with Gasteiger partial charge in [-0.15, -0.1) is 0 Å². The Morgan fingerprint density at radius 2 is 1.64 bits per heavy atom. The van der Waals surface area contributed by atoms with Gasteiger partial charge in [0.05, 0.1) is 45.0 Å². The number of hydrogen-bond acceptors (Lipinski definition) is 7. The molecule has 0 spiro atoms. The summed E-state index contributed by atoms with van der Waals surface area (Å²) in [7, 11) is 4.75. The average molecular weight is 447 g/mol. The lowest BCUT2D eigenvalue weighted by molar-refractivity contribution is -0.116. The zero-order chi connectivity index (χ0) is 22.9. The molecule has 5 rings (SSSR count). The Kier molecular flexibility index (Phi) is 5.46. The lowest BCUT2D eigenvalue weighted by Crippen LogP contribution is -2.26. The topological polar surface area (TPSA) is 82.0 Å². The van der Waals surface area contributed by atoms with Crippen LogP contribution in [0.25, 0.3) is 0 Å². The molecule has 1 aliphatic carbocycles. The standard InChI is InChI=1S/C26H26N2O5/c1-30-22-13-16(14-23(31-2)26(22)32-3)25-24-19(27-17-7-4-5-8-18(17)28-25)11-15(12-20(24)29)21-9-6-10-33-21/h4-10,13-15,25,27-28H,11-12H2,1-3H3/t15-,25+/m0/s1. The summed E-state index contributed by atoms with van der Waals surface area (Å²) in [6.07, 6.45) is 2.71. The second-order valence-electron chi connectivity index (χ2n) is 8.14. The van der Waals surface area contributed by atoms with Gasteiger partial charge in [0.15, 0.2) is 17.3 Å². The van der Waals surface area contributed by atoms with Crippen LogP contribution >= 0.6 is 0 Å². The molecule has 2 atom stereocenters. The summed E-state index contributed by atoms with van der Waals surface area (Å²) >= 11 is 0. The Balaban J connectivity index is 1.66. The van der Waals surface area contributed by atoms with Crippen molar-refractivity contribution < 1.29 is 23.4 Å². The normalized spacial score (nSPS) is 19.5. The number of ether oxygens (including phenoxy) is 3.